The highest BCUT2D eigenvalue weighted by molar-refractivity contribution is 6.08. The number of halogens is 6. The number of nitrogens with one attached hydrogen (secondary N) is 2. The molecule has 2 heterocycles. The Hall–Kier alpha value is -2.44. The minimum atomic E-state index is -2.89. The lowest BCUT2D eigenvalue weighted by molar-refractivity contribution is -0.132. The van der Waals surface area contributed by atoms with Crippen molar-refractivity contribution in [1.82, 2.24) is 20.6 Å². The molecule has 1 atom stereocenters. The minimum absolute atomic E-state index is 0.0701. The monoisotopic (exact) mass is 421 g/mol. The van der Waals surface area contributed by atoms with Crippen LogP contribution in [-0.4, -0.2) is 45.4 Å². The van der Waals surface area contributed by atoms with E-state index in [0.717, 1.165) is 12.3 Å². The van der Waals surface area contributed by atoms with Crippen molar-refractivity contribution < 1.29 is 26.3 Å². The van der Waals surface area contributed by atoms with E-state index in [9.17, 15) is 26.3 Å². The van der Waals surface area contributed by atoms with Gasteiger partial charge in [-0.3, -0.25) is 5.73 Å². The van der Waals surface area contributed by atoms with Gasteiger partial charge in [0.1, 0.15) is 5.69 Å². The van der Waals surface area contributed by atoms with E-state index in [-0.39, 0.29) is 17.6 Å². The molecular weight excluding hydrogens is 404 g/mol. The third-order valence-electron chi connectivity index (χ3n) is 5.06. The fourth-order valence-corrected chi connectivity index (χ4v) is 3.42. The maximum atomic E-state index is 13.4. The van der Waals surface area contributed by atoms with Gasteiger partial charge in [-0.25, -0.2) is 46.3 Å². The van der Waals surface area contributed by atoms with Crippen LogP contribution in [0, 0.1) is 5.92 Å². The van der Waals surface area contributed by atoms with Crippen LogP contribution < -0.4 is 16.4 Å². The zero-order valence-corrected chi connectivity index (χ0v) is 14.8. The smallest absolute Gasteiger partial charge is 0.280 e. The van der Waals surface area contributed by atoms with E-state index >= 15 is 0 Å². The Morgan fingerprint density at radius 2 is 1.76 bits per heavy atom. The van der Waals surface area contributed by atoms with E-state index in [2.05, 4.69) is 30.6 Å². The fourth-order valence-electron chi connectivity index (χ4n) is 3.42. The Morgan fingerprint density at radius 1 is 1.10 bits per heavy atom. The summed E-state index contributed by atoms with van der Waals surface area (Å²) in [7, 11) is 0. The molecule has 0 aromatic carbocycles. The molecule has 2 fully saturated rings. The highest BCUT2D eigenvalue weighted by Crippen LogP contribution is 2.47. The van der Waals surface area contributed by atoms with Crippen LogP contribution in [0.25, 0.3) is 0 Å². The van der Waals surface area contributed by atoms with Crippen LogP contribution in [0.5, 0.6) is 0 Å². The number of nitrogens with two attached hydrogens (primary N) is 1. The average molecular weight is 421 g/mol. The number of nitrogens with zero attached hydrogens (tertiary/aromatic N) is 4. The second-order valence-corrected chi connectivity index (χ2v) is 7.50. The molecule has 7 nitrogen and oxygen atoms in total. The summed E-state index contributed by atoms with van der Waals surface area (Å²) in [6.45, 7) is 0. The molecule has 4 N–H and O–H groups in total. The molecule has 0 bridgehead atoms. The number of aliphatic imine (C=N–C) groups is 2. The highest BCUT2D eigenvalue weighted by Gasteiger charge is 2.55. The summed E-state index contributed by atoms with van der Waals surface area (Å²) in [5.74, 6) is -8.70. The van der Waals surface area contributed by atoms with Crippen molar-refractivity contribution in [3.8, 4) is 0 Å². The van der Waals surface area contributed by atoms with Gasteiger partial charge >= 0.3 is 0 Å². The van der Waals surface area contributed by atoms with Crippen molar-refractivity contribution in [2.45, 2.75) is 55.8 Å². The molecule has 13 heteroatoms. The van der Waals surface area contributed by atoms with E-state index in [1.54, 1.807) is 0 Å². The number of hydrogen-bond acceptors (Lipinski definition) is 5. The first-order chi connectivity index (χ1) is 13.4. The molecule has 4 rings (SSSR count). The number of hydrogen-bond donors (Lipinski definition) is 3. The summed E-state index contributed by atoms with van der Waals surface area (Å²) in [5.41, 5.74) is 5.62. The molecule has 1 aliphatic heterocycles. The van der Waals surface area contributed by atoms with Crippen LogP contribution in [-0.2, 0) is 0 Å². The molecule has 29 heavy (non-hydrogen) atoms. The Kier molecular flexibility index (Phi) is 4.48. The zero-order chi connectivity index (χ0) is 21.0. The largest absolute Gasteiger partial charge is 0.319 e. The number of alkyl halides is 6. The maximum absolute atomic E-state index is 13.4. The molecule has 1 aromatic rings. The molecule has 0 saturated heterocycles. The van der Waals surface area contributed by atoms with Crippen LogP contribution >= 0.6 is 0 Å². The normalized spacial score (nSPS) is 30.2. The molecule has 1 aromatic heterocycles. The van der Waals surface area contributed by atoms with E-state index in [1.807, 2.05) is 0 Å². The number of guanidine groups is 1. The van der Waals surface area contributed by atoms with Gasteiger partial charge in [-0.05, 0) is 6.07 Å². The van der Waals surface area contributed by atoms with Gasteiger partial charge in [0, 0.05) is 37.8 Å². The van der Waals surface area contributed by atoms with E-state index in [1.165, 1.54) is 0 Å². The Bertz CT molecular complexity index is 857. The van der Waals surface area contributed by atoms with Crippen LogP contribution in [0.3, 0.4) is 0 Å². The second kappa shape index (κ2) is 6.54. The lowest BCUT2D eigenvalue weighted by Gasteiger charge is -2.46. The van der Waals surface area contributed by atoms with Crippen LogP contribution in [0.2, 0.25) is 0 Å². The van der Waals surface area contributed by atoms with Crippen molar-refractivity contribution in [2.24, 2.45) is 21.6 Å². The van der Waals surface area contributed by atoms with Gasteiger partial charge in [-0.2, -0.15) is 0 Å². The summed E-state index contributed by atoms with van der Waals surface area (Å²) >= 11 is 0. The van der Waals surface area contributed by atoms with Crippen molar-refractivity contribution in [3.05, 3.63) is 23.8 Å². The molecule has 2 saturated carbocycles. The van der Waals surface area contributed by atoms with Gasteiger partial charge in [-0.15, -0.1) is 0 Å². The number of rotatable bonds is 4. The molecule has 0 spiro atoms. The topological polar surface area (TPSA) is 101 Å². The molecule has 0 amide bonds. The van der Waals surface area contributed by atoms with Crippen molar-refractivity contribution in [2.75, 3.05) is 0 Å². The first-order valence-corrected chi connectivity index (χ1v) is 8.84. The zero-order valence-electron chi connectivity index (χ0n) is 14.8. The predicted molar refractivity (Wildman–Crippen MR) is 89.8 cm³/mol. The lowest BCUT2D eigenvalue weighted by Crippen LogP contribution is -2.70. The van der Waals surface area contributed by atoms with Gasteiger partial charge in [0.2, 0.25) is 5.92 Å². The standard InChI is InChI=1S/C16H17F6N7/c17-10(18)9-1-2-24-11(26-9)12-27-13(25-8-5-15(21,22)6-8)29-16(23,28-12)7-3-14(19,20)4-7/h1-2,7-8,10H,3-6,23H2,(H2,25,27,28,29). The summed E-state index contributed by atoms with van der Waals surface area (Å²) < 4.78 is 78.8. The molecule has 3 aliphatic rings. The predicted octanol–water partition coefficient (Wildman–Crippen LogP) is 2.17. The summed E-state index contributed by atoms with van der Waals surface area (Å²) in [6.07, 6.45) is -3.79. The molecular formula is C16H17F6N7. The first-order valence-electron chi connectivity index (χ1n) is 8.84. The van der Waals surface area contributed by atoms with Gasteiger partial charge in [0.25, 0.3) is 12.3 Å². The maximum Gasteiger partial charge on any atom is 0.280 e. The SMILES string of the molecule is NC1(C2CC(F)(F)C2)N=C(c2nccc(C(F)F)n2)NC(=NC2CC(F)(F)C2)N1. The highest BCUT2D eigenvalue weighted by atomic mass is 19.3. The fraction of sp³-hybridized carbons (Fsp3) is 0.625. The van der Waals surface area contributed by atoms with Crippen molar-refractivity contribution in [3.63, 3.8) is 0 Å². The van der Waals surface area contributed by atoms with Gasteiger partial charge in [-0.1, -0.05) is 0 Å². The Balaban J connectivity index is 1.65. The molecule has 158 valence electrons. The lowest BCUT2D eigenvalue weighted by atomic mass is 9.76. The molecule has 1 unspecified atom stereocenters. The number of amidine groups is 1. The average Bonchev–Trinajstić information content (AvgIpc) is 2.57. The van der Waals surface area contributed by atoms with E-state index in [4.69, 9.17) is 5.73 Å². The van der Waals surface area contributed by atoms with E-state index < -0.39 is 67.4 Å². The third kappa shape index (κ3) is 4.00. The van der Waals surface area contributed by atoms with E-state index in [0.29, 0.717) is 0 Å². The van der Waals surface area contributed by atoms with Gasteiger partial charge in [0.05, 0.1) is 6.04 Å². The van der Waals surface area contributed by atoms with Crippen molar-refractivity contribution >= 4 is 11.8 Å². The van der Waals surface area contributed by atoms with Gasteiger partial charge < -0.3 is 10.6 Å². The van der Waals surface area contributed by atoms with Gasteiger partial charge in [0.15, 0.2) is 23.4 Å². The molecule has 0 radical (unpaired) electrons. The quantitative estimate of drug-likeness (QED) is 0.647. The van der Waals surface area contributed by atoms with Crippen LogP contribution in [0.4, 0.5) is 26.3 Å². The van der Waals surface area contributed by atoms with Crippen molar-refractivity contribution in [1.29, 1.82) is 0 Å². The minimum Gasteiger partial charge on any atom is -0.319 e. The summed E-state index contributed by atoms with van der Waals surface area (Å²) in [4.78, 5) is 15.8. The second-order valence-electron chi connectivity index (χ2n) is 7.50. The summed E-state index contributed by atoms with van der Waals surface area (Å²) in [5, 5.41) is 5.33. The van der Waals surface area contributed by atoms with Crippen LogP contribution in [0.15, 0.2) is 22.2 Å². The van der Waals surface area contributed by atoms with Crippen LogP contribution in [0.1, 0.15) is 43.6 Å². The first kappa shape index (κ1) is 19.9. The Labute approximate surface area is 160 Å². The Morgan fingerprint density at radius 3 is 2.34 bits per heavy atom. The molecule has 2 aliphatic carbocycles. The number of aromatic nitrogens is 2. The summed E-state index contributed by atoms with van der Waals surface area (Å²) in [6, 6.07) is 0.309. The third-order valence-corrected chi connectivity index (χ3v) is 5.06.